The average Bonchev–Trinajstić information content (AvgIpc) is 1.83. The maximum absolute atomic E-state index is 7.68. The van der Waals surface area contributed by atoms with Crippen LogP contribution in [0.1, 0.15) is 0 Å². The van der Waals surface area contributed by atoms with Crippen molar-refractivity contribution in [3.63, 3.8) is 0 Å². The normalized spacial score (nSPS) is 9.88. The summed E-state index contributed by atoms with van der Waals surface area (Å²) >= 11 is 0. The van der Waals surface area contributed by atoms with E-state index in [0.29, 0.717) is 0 Å². The molecule has 8 heavy (non-hydrogen) atoms. The van der Waals surface area contributed by atoms with Crippen molar-refractivity contribution in [1.82, 2.24) is 5.32 Å². The van der Waals surface area contributed by atoms with E-state index < -0.39 is 0 Å². The smallest absolute Gasteiger partial charge is 0.313 e. The van der Waals surface area contributed by atoms with Gasteiger partial charge in [-0.25, -0.2) is 0 Å². The Hall–Kier alpha value is -1.42. The quantitative estimate of drug-likeness (QED) is 0.123. The van der Waals surface area contributed by atoms with Crippen LogP contribution in [0, 0.1) is 0 Å². The molecule has 0 bridgehead atoms. The summed E-state index contributed by atoms with van der Waals surface area (Å²) in [6.07, 6.45) is 0. The lowest BCUT2D eigenvalue weighted by Crippen LogP contribution is -2.26. The largest absolute Gasteiger partial charge is 0.348 e. The van der Waals surface area contributed by atoms with E-state index in [-0.39, 0.29) is 5.96 Å². The SMILES string of the molecule is CNC(N)=NN=[N+]=[N-]. The summed E-state index contributed by atoms with van der Waals surface area (Å²) in [6, 6.07) is 0. The van der Waals surface area contributed by atoms with Gasteiger partial charge in [-0.05, 0) is 0 Å². The highest BCUT2D eigenvalue weighted by Crippen LogP contribution is 1.67. The molecule has 0 saturated carbocycles. The second-order valence-electron chi connectivity index (χ2n) is 0.914. The Kier molecular flexibility index (Phi) is 3.09. The topological polar surface area (TPSA) is 99.2 Å². The van der Waals surface area contributed by atoms with Gasteiger partial charge in [-0.3, -0.25) is 0 Å². The van der Waals surface area contributed by atoms with E-state index in [1.165, 1.54) is 0 Å². The van der Waals surface area contributed by atoms with Crippen molar-refractivity contribution in [3.8, 4) is 0 Å². The fourth-order valence-electron chi connectivity index (χ4n) is 0.118. The molecule has 44 valence electrons. The molecule has 0 aromatic carbocycles. The molecule has 0 aromatic heterocycles. The summed E-state index contributed by atoms with van der Waals surface area (Å²) in [5.41, 5.74) is 12.7. The van der Waals surface area contributed by atoms with Gasteiger partial charge in [0.15, 0.2) is 0 Å². The number of rotatable bonds is 1. The fourth-order valence-corrected chi connectivity index (χ4v) is 0.118. The van der Waals surface area contributed by atoms with Crippen LogP contribution in [0.2, 0.25) is 0 Å². The van der Waals surface area contributed by atoms with Crippen LogP contribution in [0.4, 0.5) is 0 Å². The molecule has 0 aliphatic rings. The first-order valence-electron chi connectivity index (χ1n) is 1.86. The first-order valence-corrected chi connectivity index (χ1v) is 1.86. The van der Waals surface area contributed by atoms with Gasteiger partial charge >= 0.3 is 5.96 Å². The van der Waals surface area contributed by atoms with E-state index in [1.807, 2.05) is 0 Å². The van der Waals surface area contributed by atoms with Gasteiger partial charge < -0.3 is 11.1 Å². The third kappa shape index (κ3) is 2.80. The molecule has 0 aromatic rings. The van der Waals surface area contributed by atoms with Crippen molar-refractivity contribution < 1.29 is 0 Å². The highest BCUT2D eigenvalue weighted by atomic mass is 15.4. The molecule has 0 unspecified atom stereocenters. The first-order chi connectivity index (χ1) is 3.81. The van der Waals surface area contributed by atoms with Gasteiger partial charge in [-0.2, -0.15) is 4.91 Å². The standard InChI is InChI=1S/C2H6N6/c1-5-2(3)6-8-7-4/h1H3,(H3,3,5,6). The molecule has 0 heterocycles. The van der Waals surface area contributed by atoms with Crippen LogP contribution < -0.4 is 11.1 Å². The molecule has 6 nitrogen and oxygen atoms in total. The molecule has 0 fully saturated rings. The van der Waals surface area contributed by atoms with E-state index in [1.54, 1.807) is 7.05 Å². The lowest BCUT2D eigenvalue weighted by molar-refractivity contribution is 1.08. The minimum absolute atomic E-state index is 0.0998. The molecule has 3 N–H and O–H groups in total. The molecule has 0 atom stereocenters. The Morgan fingerprint density at radius 1 is 1.88 bits per heavy atom. The first kappa shape index (κ1) is 6.58. The van der Waals surface area contributed by atoms with Crippen LogP contribution in [0.15, 0.2) is 10.3 Å². The van der Waals surface area contributed by atoms with E-state index in [0.717, 1.165) is 0 Å². The van der Waals surface area contributed by atoms with Crippen LogP contribution >= 0.6 is 0 Å². The molecule has 0 saturated heterocycles. The summed E-state index contributed by atoms with van der Waals surface area (Å²) in [5.74, 6) is 0.0998. The number of hydrogen-bond donors (Lipinski definition) is 2. The van der Waals surface area contributed by atoms with Gasteiger partial charge in [0.1, 0.15) is 0 Å². The predicted molar refractivity (Wildman–Crippen MR) is 29.8 cm³/mol. The molecular formula is C2H6N6. The third-order valence-electron chi connectivity index (χ3n) is 0.449. The highest BCUT2D eigenvalue weighted by molar-refractivity contribution is 5.77. The second kappa shape index (κ2) is 3.76. The summed E-state index contributed by atoms with van der Waals surface area (Å²) in [5, 5.41) is 8.44. The number of nitrogens with zero attached hydrogens (tertiary/aromatic N) is 4. The minimum atomic E-state index is 0.0998. The van der Waals surface area contributed by atoms with Crippen molar-refractivity contribution in [3.05, 3.63) is 10.4 Å². The Morgan fingerprint density at radius 3 is 2.88 bits per heavy atom. The average molecular weight is 114 g/mol. The van der Waals surface area contributed by atoms with Gasteiger partial charge in [0, 0.05) is 17.4 Å². The van der Waals surface area contributed by atoms with Crippen LogP contribution in [-0.2, 0) is 0 Å². The predicted octanol–water partition coefficient (Wildman–Crippen LogP) is -0.254. The zero-order chi connectivity index (χ0) is 6.41. The number of azide groups is 1. The van der Waals surface area contributed by atoms with Gasteiger partial charge in [-0.15, -0.1) is 5.53 Å². The maximum Gasteiger partial charge on any atom is 0.313 e. The Labute approximate surface area is 46.0 Å². The Morgan fingerprint density at radius 2 is 2.50 bits per heavy atom. The van der Waals surface area contributed by atoms with E-state index >= 15 is 0 Å². The van der Waals surface area contributed by atoms with E-state index in [4.69, 9.17) is 11.3 Å². The molecule has 0 radical (unpaired) electrons. The third-order valence-corrected chi connectivity index (χ3v) is 0.449. The van der Waals surface area contributed by atoms with E-state index in [2.05, 4.69) is 20.6 Å². The lowest BCUT2D eigenvalue weighted by atomic mass is 11.0. The molecule has 6 heteroatoms. The monoisotopic (exact) mass is 114 g/mol. The lowest BCUT2D eigenvalue weighted by Gasteiger charge is -1.83. The van der Waals surface area contributed by atoms with Crippen molar-refractivity contribution in [2.75, 3.05) is 7.05 Å². The summed E-state index contributed by atoms with van der Waals surface area (Å²) < 4.78 is 0. The highest BCUT2D eigenvalue weighted by Gasteiger charge is 1.83. The summed E-state index contributed by atoms with van der Waals surface area (Å²) in [4.78, 5) is 2.34. The molecular weight excluding hydrogens is 108 g/mol. The van der Waals surface area contributed by atoms with Crippen LogP contribution in [0.3, 0.4) is 0 Å². The Bertz CT molecular complexity index is 129. The van der Waals surface area contributed by atoms with Gasteiger partial charge in [0.25, 0.3) is 0 Å². The van der Waals surface area contributed by atoms with Crippen LogP contribution in [0.25, 0.3) is 10.4 Å². The summed E-state index contributed by atoms with van der Waals surface area (Å²) in [7, 11) is 1.58. The zero-order valence-electron chi connectivity index (χ0n) is 4.37. The fraction of sp³-hybridized carbons (Fsp3) is 0.500. The van der Waals surface area contributed by atoms with Crippen LogP contribution in [-0.4, -0.2) is 13.0 Å². The maximum atomic E-state index is 7.68. The van der Waals surface area contributed by atoms with Crippen molar-refractivity contribution >= 4 is 5.96 Å². The number of guanidine groups is 1. The van der Waals surface area contributed by atoms with Crippen LogP contribution in [0.5, 0.6) is 0 Å². The second-order valence-corrected chi connectivity index (χ2v) is 0.914. The molecule has 0 aliphatic heterocycles. The van der Waals surface area contributed by atoms with Crippen molar-refractivity contribution in [1.29, 1.82) is 0 Å². The molecule has 0 rings (SSSR count). The Balaban J connectivity index is 3.74. The van der Waals surface area contributed by atoms with Gasteiger partial charge in [0.05, 0.1) is 0 Å². The van der Waals surface area contributed by atoms with E-state index in [9.17, 15) is 0 Å². The zero-order valence-corrected chi connectivity index (χ0v) is 4.37. The number of nitrogens with two attached hydrogens (primary N) is 1. The molecule has 0 amide bonds. The molecule has 0 aliphatic carbocycles. The number of nitrogens with one attached hydrogen (secondary N) is 1. The minimum Gasteiger partial charge on any atom is -0.348 e. The van der Waals surface area contributed by atoms with Gasteiger partial charge in [0.2, 0.25) is 0 Å². The summed E-state index contributed by atoms with van der Waals surface area (Å²) in [6.45, 7) is 0. The number of hydrogen-bond acceptors (Lipinski definition) is 1. The van der Waals surface area contributed by atoms with Gasteiger partial charge in [-0.1, -0.05) is 0 Å². The van der Waals surface area contributed by atoms with Crippen molar-refractivity contribution in [2.24, 2.45) is 16.1 Å². The molecule has 0 spiro atoms. The van der Waals surface area contributed by atoms with Crippen molar-refractivity contribution in [2.45, 2.75) is 0 Å².